The van der Waals surface area contributed by atoms with Crippen LogP contribution in [0.3, 0.4) is 0 Å². The fourth-order valence-corrected chi connectivity index (χ4v) is 2.83. The third-order valence-electron chi connectivity index (χ3n) is 4.49. The van der Waals surface area contributed by atoms with Crippen LogP contribution in [0, 0.1) is 0 Å². The fraction of sp³-hybridized carbons (Fsp3) is 0.160. The highest BCUT2D eigenvalue weighted by Crippen LogP contribution is 2.19. The molecule has 0 saturated heterocycles. The Hall–Kier alpha value is -3.93. The molecular weight excluding hydrogens is 392 g/mol. The quantitative estimate of drug-likeness (QED) is 0.334. The minimum absolute atomic E-state index is 0.192. The molecule has 0 atom stereocenters. The van der Waals surface area contributed by atoms with E-state index < -0.39 is 5.97 Å². The van der Waals surface area contributed by atoms with Gasteiger partial charge in [-0.3, -0.25) is 4.79 Å². The first kappa shape index (κ1) is 21.8. The van der Waals surface area contributed by atoms with Gasteiger partial charge in [-0.05, 0) is 54.8 Å². The van der Waals surface area contributed by atoms with Crippen molar-refractivity contribution in [3.8, 4) is 16.9 Å². The van der Waals surface area contributed by atoms with Gasteiger partial charge in [-0.25, -0.2) is 10.2 Å². The highest BCUT2D eigenvalue weighted by molar-refractivity contribution is 5.99. The fourth-order valence-electron chi connectivity index (χ4n) is 2.83. The second-order valence-corrected chi connectivity index (χ2v) is 6.71. The monoisotopic (exact) mass is 416 g/mol. The summed E-state index contributed by atoms with van der Waals surface area (Å²) in [5, 5.41) is 4.14. The van der Waals surface area contributed by atoms with Gasteiger partial charge in [0.05, 0.1) is 17.9 Å². The van der Waals surface area contributed by atoms with Crippen molar-refractivity contribution in [1.29, 1.82) is 0 Å². The molecule has 1 N–H and O–H groups in total. The summed E-state index contributed by atoms with van der Waals surface area (Å²) in [5.41, 5.74) is 6.78. The Bertz CT molecular complexity index is 1040. The molecule has 0 spiro atoms. The summed E-state index contributed by atoms with van der Waals surface area (Å²) < 4.78 is 10.4. The maximum Gasteiger partial charge on any atom is 0.338 e. The largest absolute Gasteiger partial charge is 0.484 e. The standard InChI is InChI=1S/C25H24N2O4/c1-3-30-25(29)22-13-15-23(16-14-22)31-17-24(28)27-26-18(2)19-9-11-21(12-10-19)20-7-5-4-6-8-20/h4-16H,3,17H2,1-2H3,(H,27,28)/b26-18+. The zero-order chi connectivity index (χ0) is 22.1. The Labute approximate surface area is 181 Å². The summed E-state index contributed by atoms with van der Waals surface area (Å²) >= 11 is 0. The lowest BCUT2D eigenvalue weighted by Gasteiger charge is -2.07. The summed E-state index contributed by atoms with van der Waals surface area (Å²) in [7, 11) is 0. The molecule has 1 amide bonds. The summed E-state index contributed by atoms with van der Waals surface area (Å²) in [6, 6.07) is 24.5. The third kappa shape index (κ3) is 6.27. The number of carbonyl (C=O) groups is 2. The molecule has 0 radical (unpaired) electrons. The molecule has 0 unspecified atom stereocenters. The van der Waals surface area contributed by atoms with Gasteiger partial charge in [0, 0.05) is 0 Å². The smallest absolute Gasteiger partial charge is 0.338 e. The molecule has 158 valence electrons. The lowest BCUT2D eigenvalue weighted by atomic mass is 10.0. The predicted molar refractivity (Wildman–Crippen MR) is 120 cm³/mol. The molecule has 0 saturated carbocycles. The highest BCUT2D eigenvalue weighted by Gasteiger charge is 2.07. The predicted octanol–water partition coefficient (Wildman–Crippen LogP) is 4.45. The van der Waals surface area contributed by atoms with E-state index in [1.807, 2.05) is 49.4 Å². The zero-order valence-corrected chi connectivity index (χ0v) is 17.5. The number of nitrogens with one attached hydrogen (secondary N) is 1. The lowest BCUT2D eigenvalue weighted by molar-refractivity contribution is -0.123. The van der Waals surface area contributed by atoms with Crippen molar-refractivity contribution in [2.45, 2.75) is 13.8 Å². The first-order valence-corrected chi connectivity index (χ1v) is 9.96. The number of benzene rings is 3. The van der Waals surface area contributed by atoms with Crippen molar-refractivity contribution in [1.82, 2.24) is 5.43 Å². The van der Waals surface area contributed by atoms with Gasteiger partial charge in [0.1, 0.15) is 5.75 Å². The van der Waals surface area contributed by atoms with Crippen LogP contribution in [-0.2, 0) is 9.53 Å². The van der Waals surface area contributed by atoms with E-state index in [0.29, 0.717) is 23.6 Å². The molecule has 0 aliphatic heterocycles. The zero-order valence-electron chi connectivity index (χ0n) is 17.5. The van der Waals surface area contributed by atoms with Crippen molar-refractivity contribution in [2.75, 3.05) is 13.2 Å². The van der Waals surface area contributed by atoms with Crippen LogP contribution in [0.4, 0.5) is 0 Å². The van der Waals surface area contributed by atoms with E-state index >= 15 is 0 Å². The second kappa shape index (κ2) is 10.7. The minimum atomic E-state index is -0.395. The van der Waals surface area contributed by atoms with Crippen LogP contribution in [-0.4, -0.2) is 30.8 Å². The first-order valence-electron chi connectivity index (χ1n) is 9.96. The van der Waals surface area contributed by atoms with Gasteiger partial charge in [-0.1, -0.05) is 54.6 Å². The van der Waals surface area contributed by atoms with Crippen molar-refractivity contribution in [3.63, 3.8) is 0 Å². The normalized spacial score (nSPS) is 11.0. The second-order valence-electron chi connectivity index (χ2n) is 6.71. The maximum absolute atomic E-state index is 12.0. The lowest BCUT2D eigenvalue weighted by Crippen LogP contribution is -2.25. The number of esters is 1. The Kier molecular flexibility index (Phi) is 7.54. The number of nitrogens with zero attached hydrogens (tertiary/aromatic N) is 1. The third-order valence-corrected chi connectivity index (χ3v) is 4.49. The molecule has 0 heterocycles. The van der Waals surface area contributed by atoms with Gasteiger partial charge in [-0.15, -0.1) is 0 Å². The van der Waals surface area contributed by atoms with E-state index in [4.69, 9.17) is 9.47 Å². The molecular formula is C25H24N2O4. The van der Waals surface area contributed by atoms with Crippen LogP contribution in [0.1, 0.15) is 29.8 Å². The van der Waals surface area contributed by atoms with Crippen LogP contribution in [0.15, 0.2) is 84.0 Å². The SMILES string of the molecule is CCOC(=O)c1ccc(OCC(=O)N/N=C(\C)c2ccc(-c3ccccc3)cc2)cc1. The van der Waals surface area contributed by atoms with Crippen molar-refractivity contribution in [3.05, 3.63) is 90.0 Å². The van der Waals surface area contributed by atoms with E-state index in [1.165, 1.54) is 0 Å². The van der Waals surface area contributed by atoms with Gasteiger partial charge in [0.15, 0.2) is 6.61 Å². The topological polar surface area (TPSA) is 77.0 Å². The van der Waals surface area contributed by atoms with Crippen LogP contribution in [0.25, 0.3) is 11.1 Å². The Morgan fingerprint density at radius 1 is 0.839 bits per heavy atom. The maximum atomic E-state index is 12.0. The number of amides is 1. The number of hydrazone groups is 1. The van der Waals surface area contributed by atoms with Crippen LogP contribution in [0.2, 0.25) is 0 Å². The summed E-state index contributed by atoms with van der Waals surface area (Å²) in [4.78, 5) is 23.7. The number of carbonyl (C=O) groups excluding carboxylic acids is 2. The van der Waals surface area contributed by atoms with Gasteiger partial charge in [0.25, 0.3) is 5.91 Å². The average molecular weight is 416 g/mol. The molecule has 0 aliphatic rings. The van der Waals surface area contributed by atoms with E-state index in [9.17, 15) is 9.59 Å². The highest BCUT2D eigenvalue weighted by atomic mass is 16.5. The molecule has 0 aliphatic carbocycles. The summed E-state index contributed by atoms with van der Waals surface area (Å²) in [6.45, 7) is 3.70. The first-order chi connectivity index (χ1) is 15.1. The molecule has 31 heavy (non-hydrogen) atoms. The Balaban J connectivity index is 1.50. The molecule has 6 heteroatoms. The van der Waals surface area contributed by atoms with Crippen LogP contribution < -0.4 is 10.2 Å². The van der Waals surface area contributed by atoms with E-state index in [2.05, 4.69) is 22.7 Å². The number of hydrogen-bond acceptors (Lipinski definition) is 5. The summed E-state index contributed by atoms with van der Waals surface area (Å²) in [5.74, 6) is -0.302. The van der Waals surface area contributed by atoms with Crippen molar-refractivity contribution < 1.29 is 19.1 Å². The Morgan fingerprint density at radius 2 is 1.45 bits per heavy atom. The van der Waals surface area contributed by atoms with E-state index in [1.54, 1.807) is 31.2 Å². The van der Waals surface area contributed by atoms with Gasteiger partial charge in [-0.2, -0.15) is 5.10 Å². The Morgan fingerprint density at radius 3 is 2.10 bits per heavy atom. The number of hydrogen-bond donors (Lipinski definition) is 1. The number of rotatable bonds is 8. The molecule has 0 bridgehead atoms. The molecule has 6 nitrogen and oxygen atoms in total. The van der Waals surface area contributed by atoms with Crippen LogP contribution >= 0.6 is 0 Å². The summed E-state index contributed by atoms with van der Waals surface area (Å²) in [6.07, 6.45) is 0. The van der Waals surface area contributed by atoms with E-state index in [0.717, 1.165) is 16.7 Å². The van der Waals surface area contributed by atoms with Gasteiger partial charge >= 0.3 is 5.97 Å². The van der Waals surface area contributed by atoms with E-state index in [-0.39, 0.29) is 12.5 Å². The molecule has 0 fully saturated rings. The molecule has 3 aromatic carbocycles. The minimum Gasteiger partial charge on any atom is -0.484 e. The van der Waals surface area contributed by atoms with Gasteiger partial charge < -0.3 is 9.47 Å². The molecule has 3 aromatic rings. The van der Waals surface area contributed by atoms with Crippen LogP contribution in [0.5, 0.6) is 5.75 Å². The van der Waals surface area contributed by atoms with Gasteiger partial charge in [0.2, 0.25) is 0 Å². The van der Waals surface area contributed by atoms with Crippen molar-refractivity contribution >= 4 is 17.6 Å². The molecule has 0 aromatic heterocycles. The molecule has 3 rings (SSSR count). The average Bonchev–Trinajstić information content (AvgIpc) is 2.82. The van der Waals surface area contributed by atoms with Crippen molar-refractivity contribution in [2.24, 2.45) is 5.10 Å². The number of ether oxygens (including phenoxy) is 2.